The molecular formula is C24H40IN5O2. The highest BCUT2D eigenvalue weighted by molar-refractivity contribution is 14.0. The van der Waals surface area contributed by atoms with Crippen molar-refractivity contribution < 1.29 is 9.53 Å². The molecule has 0 spiro atoms. The number of rotatable bonds is 7. The maximum atomic E-state index is 12.5. The van der Waals surface area contributed by atoms with Gasteiger partial charge in [-0.1, -0.05) is 44.2 Å². The number of benzene rings is 1. The number of hydrogen-bond donors (Lipinski definition) is 1. The minimum Gasteiger partial charge on any atom is -0.378 e. The van der Waals surface area contributed by atoms with Gasteiger partial charge in [0.05, 0.1) is 19.8 Å². The van der Waals surface area contributed by atoms with E-state index in [1.165, 1.54) is 5.56 Å². The molecular weight excluding hydrogens is 517 g/mol. The molecule has 0 aliphatic carbocycles. The molecule has 8 heteroatoms. The second-order valence-corrected chi connectivity index (χ2v) is 9.25. The highest BCUT2D eigenvalue weighted by atomic mass is 127. The van der Waals surface area contributed by atoms with E-state index in [-0.39, 0.29) is 35.3 Å². The quantitative estimate of drug-likeness (QED) is 0.317. The summed E-state index contributed by atoms with van der Waals surface area (Å²) in [6.07, 6.45) is 1.01. The normalized spacial score (nSPS) is 18.3. The number of halogens is 1. The Morgan fingerprint density at radius 3 is 2.31 bits per heavy atom. The topological polar surface area (TPSA) is 60.4 Å². The van der Waals surface area contributed by atoms with Crippen molar-refractivity contribution in [1.82, 2.24) is 20.0 Å². The molecule has 0 atom stereocenters. The van der Waals surface area contributed by atoms with E-state index < -0.39 is 0 Å². The van der Waals surface area contributed by atoms with Gasteiger partial charge in [0, 0.05) is 52.4 Å². The Labute approximate surface area is 210 Å². The third-order valence-corrected chi connectivity index (χ3v) is 5.91. The summed E-state index contributed by atoms with van der Waals surface area (Å²) in [6.45, 7) is 15.1. The molecule has 1 amide bonds. The Morgan fingerprint density at radius 2 is 1.69 bits per heavy atom. The Balaban J connectivity index is 0.00000363. The lowest BCUT2D eigenvalue weighted by molar-refractivity contribution is -0.136. The minimum absolute atomic E-state index is 0. The van der Waals surface area contributed by atoms with Crippen molar-refractivity contribution in [2.75, 3.05) is 72.1 Å². The molecule has 0 aromatic heterocycles. The van der Waals surface area contributed by atoms with Crippen LogP contribution in [0.4, 0.5) is 0 Å². The standard InChI is InChI=1S/C24H39N5O2.HI/c1-4-25-23(26-20-24(2,3)18-21-8-6-5-7-9-21)29-12-10-27(11-13-29)19-22(30)28-14-16-31-17-15-28;/h5-9H,4,10-20H2,1-3H3,(H,25,26);1H. The van der Waals surface area contributed by atoms with Crippen LogP contribution >= 0.6 is 24.0 Å². The fraction of sp³-hybridized carbons (Fsp3) is 0.667. The molecule has 2 heterocycles. The molecule has 7 nitrogen and oxygen atoms in total. The first-order valence-corrected chi connectivity index (χ1v) is 11.6. The second-order valence-electron chi connectivity index (χ2n) is 9.25. The largest absolute Gasteiger partial charge is 0.378 e. The summed E-state index contributed by atoms with van der Waals surface area (Å²) >= 11 is 0. The van der Waals surface area contributed by atoms with E-state index in [1.54, 1.807) is 0 Å². The lowest BCUT2D eigenvalue weighted by atomic mass is 9.86. The summed E-state index contributed by atoms with van der Waals surface area (Å²) in [7, 11) is 0. The Morgan fingerprint density at radius 1 is 1.03 bits per heavy atom. The first-order chi connectivity index (χ1) is 15.0. The van der Waals surface area contributed by atoms with Crippen LogP contribution in [0.3, 0.4) is 0 Å². The maximum absolute atomic E-state index is 12.5. The zero-order valence-corrected chi connectivity index (χ0v) is 22.2. The molecule has 1 aromatic carbocycles. The van der Waals surface area contributed by atoms with Crippen molar-refractivity contribution >= 4 is 35.8 Å². The molecule has 2 aliphatic heterocycles. The van der Waals surface area contributed by atoms with Gasteiger partial charge in [0.1, 0.15) is 0 Å². The van der Waals surface area contributed by atoms with Crippen LogP contribution in [-0.2, 0) is 16.0 Å². The highest BCUT2D eigenvalue weighted by Gasteiger charge is 2.25. The van der Waals surface area contributed by atoms with E-state index >= 15 is 0 Å². The SMILES string of the molecule is CCNC(=NCC(C)(C)Cc1ccccc1)N1CCN(CC(=O)N2CCOCC2)CC1.I. The Hall–Kier alpha value is -1.39. The molecule has 1 N–H and O–H groups in total. The van der Waals surface area contributed by atoms with E-state index in [2.05, 4.69) is 66.2 Å². The number of carbonyl (C=O) groups is 1. The number of guanidine groups is 1. The summed E-state index contributed by atoms with van der Waals surface area (Å²) in [4.78, 5) is 24.0. The first-order valence-electron chi connectivity index (χ1n) is 11.6. The van der Waals surface area contributed by atoms with E-state index in [9.17, 15) is 4.79 Å². The lowest BCUT2D eigenvalue weighted by Crippen LogP contribution is -2.55. The monoisotopic (exact) mass is 557 g/mol. The van der Waals surface area contributed by atoms with Gasteiger partial charge in [0.2, 0.25) is 5.91 Å². The van der Waals surface area contributed by atoms with Gasteiger partial charge in [-0.05, 0) is 24.3 Å². The van der Waals surface area contributed by atoms with Crippen LogP contribution in [0.25, 0.3) is 0 Å². The lowest BCUT2D eigenvalue weighted by Gasteiger charge is -2.37. The molecule has 3 rings (SSSR count). The van der Waals surface area contributed by atoms with Gasteiger partial charge < -0.3 is 19.9 Å². The fourth-order valence-corrected chi connectivity index (χ4v) is 4.14. The van der Waals surface area contributed by atoms with Crippen LogP contribution in [0, 0.1) is 5.41 Å². The van der Waals surface area contributed by atoms with E-state index in [0.717, 1.165) is 64.7 Å². The molecule has 180 valence electrons. The molecule has 1 aromatic rings. The summed E-state index contributed by atoms with van der Waals surface area (Å²) in [6, 6.07) is 10.6. The van der Waals surface area contributed by atoms with Crippen molar-refractivity contribution in [2.45, 2.75) is 27.2 Å². The Kier molecular flexibility index (Phi) is 11.2. The smallest absolute Gasteiger partial charge is 0.236 e. The fourth-order valence-electron chi connectivity index (χ4n) is 4.14. The maximum Gasteiger partial charge on any atom is 0.236 e. The van der Waals surface area contributed by atoms with E-state index in [1.807, 2.05) is 4.90 Å². The number of piperazine rings is 1. The molecule has 2 aliphatic rings. The molecule has 0 radical (unpaired) electrons. The van der Waals surface area contributed by atoms with E-state index in [0.29, 0.717) is 19.8 Å². The van der Waals surface area contributed by atoms with Crippen LogP contribution in [-0.4, -0.2) is 98.7 Å². The predicted molar refractivity (Wildman–Crippen MR) is 141 cm³/mol. The number of nitrogens with one attached hydrogen (secondary N) is 1. The predicted octanol–water partition coefficient (Wildman–Crippen LogP) is 2.32. The van der Waals surface area contributed by atoms with Crippen LogP contribution in [0.15, 0.2) is 35.3 Å². The summed E-state index contributed by atoms with van der Waals surface area (Å²) in [5, 5.41) is 3.46. The van der Waals surface area contributed by atoms with Crippen molar-refractivity contribution in [3.63, 3.8) is 0 Å². The number of amides is 1. The number of carbonyl (C=O) groups excluding carboxylic acids is 1. The zero-order chi connectivity index (χ0) is 22.1. The number of morpholine rings is 1. The van der Waals surface area contributed by atoms with E-state index in [4.69, 9.17) is 9.73 Å². The number of nitrogens with zero attached hydrogens (tertiary/aromatic N) is 4. The molecule has 32 heavy (non-hydrogen) atoms. The molecule has 2 fully saturated rings. The van der Waals surface area contributed by atoms with Crippen LogP contribution in [0.2, 0.25) is 0 Å². The Bertz CT molecular complexity index is 714. The van der Waals surface area contributed by atoms with Gasteiger partial charge in [-0.2, -0.15) is 0 Å². The van der Waals surface area contributed by atoms with Crippen LogP contribution in [0.1, 0.15) is 26.3 Å². The first kappa shape index (κ1) is 26.9. The molecule has 0 saturated carbocycles. The third-order valence-electron chi connectivity index (χ3n) is 5.91. The van der Waals surface area contributed by atoms with Crippen molar-refractivity contribution in [2.24, 2.45) is 10.4 Å². The number of hydrogen-bond acceptors (Lipinski definition) is 4. The van der Waals surface area contributed by atoms with Gasteiger partial charge in [-0.25, -0.2) is 0 Å². The molecule has 0 unspecified atom stereocenters. The van der Waals surface area contributed by atoms with Crippen molar-refractivity contribution in [3.05, 3.63) is 35.9 Å². The average molecular weight is 558 g/mol. The summed E-state index contributed by atoms with van der Waals surface area (Å²) in [5.41, 5.74) is 1.44. The summed E-state index contributed by atoms with van der Waals surface area (Å²) in [5.74, 6) is 1.21. The van der Waals surface area contributed by atoms with Gasteiger partial charge in [-0.15, -0.1) is 24.0 Å². The van der Waals surface area contributed by atoms with Gasteiger partial charge >= 0.3 is 0 Å². The molecule has 2 saturated heterocycles. The van der Waals surface area contributed by atoms with Gasteiger partial charge in [0.15, 0.2) is 5.96 Å². The van der Waals surface area contributed by atoms with Gasteiger partial charge in [-0.3, -0.25) is 14.7 Å². The van der Waals surface area contributed by atoms with Crippen LogP contribution in [0.5, 0.6) is 0 Å². The zero-order valence-electron chi connectivity index (χ0n) is 19.9. The van der Waals surface area contributed by atoms with Crippen molar-refractivity contribution in [1.29, 1.82) is 0 Å². The highest BCUT2D eigenvalue weighted by Crippen LogP contribution is 2.22. The van der Waals surface area contributed by atoms with Crippen LogP contribution < -0.4 is 5.32 Å². The number of aliphatic imine (C=N–C) groups is 1. The third kappa shape index (κ3) is 8.51. The van der Waals surface area contributed by atoms with Gasteiger partial charge in [0.25, 0.3) is 0 Å². The molecule has 0 bridgehead atoms. The van der Waals surface area contributed by atoms with Crippen molar-refractivity contribution in [3.8, 4) is 0 Å². The average Bonchev–Trinajstić information content (AvgIpc) is 2.78. The summed E-state index contributed by atoms with van der Waals surface area (Å²) < 4.78 is 5.35. The number of ether oxygens (including phenoxy) is 1. The second kappa shape index (κ2) is 13.3. The minimum atomic E-state index is 0.